The number of nitrogens with zero attached hydrogens (tertiary/aromatic N) is 3. The van der Waals surface area contributed by atoms with E-state index in [1.807, 2.05) is 30.3 Å². The number of aliphatic hydroxyl groups excluding tert-OH is 1. The van der Waals surface area contributed by atoms with Gasteiger partial charge in [-0.25, -0.2) is 9.89 Å². The Morgan fingerprint density at radius 2 is 2.05 bits per heavy atom. The van der Waals surface area contributed by atoms with Gasteiger partial charge in [-0.1, -0.05) is 30.3 Å². The van der Waals surface area contributed by atoms with Crippen molar-refractivity contribution in [1.29, 1.82) is 0 Å². The van der Waals surface area contributed by atoms with E-state index in [9.17, 15) is 9.90 Å². The molecule has 21 heavy (non-hydrogen) atoms. The summed E-state index contributed by atoms with van der Waals surface area (Å²) in [7, 11) is 0. The molecule has 0 aliphatic heterocycles. The van der Waals surface area contributed by atoms with Gasteiger partial charge >= 0.3 is 5.69 Å². The van der Waals surface area contributed by atoms with Gasteiger partial charge in [0.15, 0.2) is 5.65 Å². The molecule has 0 aliphatic carbocycles. The second kappa shape index (κ2) is 5.76. The van der Waals surface area contributed by atoms with E-state index in [2.05, 4.69) is 20.6 Å². The summed E-state index contributed by atoms with van der Waals surface area (Å²) in [5, 5.41) is 22.9. The highest BCUT2D eigenvalue weighted by Crippen LogP contribution is 2.09. The van der Waals surface area contributed by atoms with Crippen molar-refractivity contribution < 1.29 is 5.11 Å². The molecule has 7 nitrogen and oxygen atoms in total. The van der Waals surface area contributed by atoms with Gasteiger partial charge in [-0.2, -0.15) is 9.61 Å². The van der Waals surface area contributed by atoms with E-state index >= 15 is 0 Å². The maximum absolute atomic E-state index is 11.5. The molecule has 1 atom stereocenters. The van der Waals surface area contributed by atoms with Gasteiger partial charge in [0.25, 0.3) is 0 Å². The van der Waals surface area contributed by atoms with Crippen LogP contribution in [0.1, 0.15) is 5.56 Å². The van der Waals surface area contributed by atoms with Crippen LogP contribution in [0.25, 0.3) is 5.65 Å². The van der Waals surface area contributed by atoms with Crippen molar-refractivity contribution in [2.24, 2.45) is 0 Å². The van der Waals surface area contributed by atoms with Crippen LogP contribution in [0.5, 0.6) is 0 Å². The van der Waals surface area contributed by atoms with Crippen molar-refractivity contribution >= 4 is 11.5 Å². The van der Waals surface area contributed by atoms with Crippen LogP contribution in [-0.2, 0) is 6.42 Å². The lowest BCUT2D eigenvalue weighted by molar-refractivity contribution is 0.273. The third kappa shape index (κ3) is 2.92. The van der Waals surface area contributed by atoms with Crippen molar-refractivity contribution in [3.8, 4) is 0 Å². The second-order valence-corrected chi connectivity index (χ2v) is 4.73. The zero-order chi connectivity index (χ0) is 14.7. The molecule has 7 heteroatoms. The van der Waals surface area contributed by atoms with Gasteiger partial charge < -0.3 is 10.4 Å². The van der Waals surface area contributed by atoms with Gasteiger partial charge in [0.2, 0.25) is 0 Å². The van der Waals surface area contributed by atoms with Crippen LogP contribution in [0.3, 0.4) is 0 Å². The molecule has 3 N–H and O–H groups in total. The van der Waals surface area contributed by atoms with Gasteiger partial charge in [-0.05, 0) is 24.1 Å². The van der Waals surface area contributed by atoms with E-state index < -0.39 is 5.69 Å². The van der Waals surface area contributed by atoms with Gasteiger partial charge in [0, 0.05) is 0 Å². The Morgan fingerprint density at radius 3 is 2.81 bits per heavy atom. The molecule has 108 valence electrons. The van der Waals surface area contributed by atoms with Crippen LogP contribution in [0.2, 0.25) is 0 Å². The number of hydrogen-bond donors (Lipinski definition) is 3. The predicted octanol–water partition coefficient (Wildman–Crippen LogP) is 0.433. The fraction of sp³-hybridized carbons (Fsp3) is 0.214. The van der Waals surface area contributed by atoms with Crippen LogP contribution in [0.15, 0.2) is 47.3 Å². The van der Waals surface area contributed by atoms with Crippen molar-refractivity contribution in [2.75, 3.05) is 11.9 Å². The van der Waals surface area contributed by atoms with Crippen LogP contribution in [-0.4, -0.2) is 37.6 Å². The highest BCUT2D eigenvalue weighted by Gasteiger charge is 2.10. The molecule has 1 aromatic carbocycles. The number of anilines is 1. The number of fused-ring (bicyclic) bond motifs is 1. The summed E-state index contributed by atoms with van der Waals surface area (Å²) < 4.78 is 1.18. The lowest BCUT2D eigenvalue weighted by atomic mass is 10.1. The molecular formula is C14H15N5O2. The molecule has 1 unspecified atom stereocenters. The quantitative estimate of drug-likeness (QED) is 0.632. The molecule has 0 radical (unpaired) electrons. The third-order valence-electron chi connectivity index (χ3n) is 3.17. The number of benzene rings is 1. The maximum Gasteiger partial charge on any atom is 0.364 e. The van der Waals surface area contributed by atoms with Crippen LogP contribution < -0.4 is 11.0 Å². The zero-order valence-corrected chi connectivity index (χ0v) is 11.2. The van der Waals surface area contributed by atoms with Crippen LogP contribution in [0.4, 0.5) is 5.82 Å². The molecule has 0 saturated carbocycles. The molecule has 0 fully saturated rings. The van der Waals surface area contributed by atoms with E-state index in [0.717, 1.165) is 5.56 Å². The lowest BCUT2D eigenvalue weighted by Crippen LogP contribution is -2.27. The predicted molar refractivity (Wildman–Crippen MR) is 78.3 cm³/mol. The van der Waals surface area contributed by atoms with Gasteiger partial charge in [-0.3, -0.25) is 0 Å². The minimum atomic E-state index is -0.391. The Bertz CT molecular complexity index is 781. The second-order valence-electron chi connectivity index (χ2n) is 4.73. The Morgan fingerprint density at radius 1 is 1.24 bits per heavy atom. The van der Waals surface area contributed by atoms with Gasteiger partial charge in [0.1, 0.15) is 5.82 Å². The number of rotatable bonds is 5. The summed E-state index contributed by atoms with van der Waals surface area (Å²) >= 11 is 0. The highest BCUT2D eigenvalue weighted by molar-refractivity contribution is 5.43. The molecule has 0 amide bonds. The van der Waals surface area contributed by atoms with Crippen LogP contribution >= 0.6 is 0 Å². The minimum Gasteiger partial charge on any atom is -0.394 e. The normalized spacial score (nSPS) is 12.4. The van der Waals surface area contributed by atoms with Crippen molar-refractivity contribution in [3.05, 3.63) is 58.5 Å². The first-order chi connectivity index (χ1) is 10.3. The molecule has 0 saturated heterocycles. The Balaban J connectivity index is 1.78. The first-order valence-corrected chi connectivity index (χ1v) is 6.62. The number of aromatic nitrogens is 4. The van der Waals surface area contributed by atoms with Gasteiger partial charge in [0.05, 0.1) is 12.6 Å². The first-order valence-electron chi connectivity index (χ1n) is 6.62. The smallest absolute Gasteiger partial charge is 0.364 e. The standard InChI is InChI=1S/C14H15N5O2/c20-9-11(8-10-4-2-1-3-5-10)15-12-6-7-13-16-17-14(21)19(13)18-12/h1-7,11,20H,8-9H2,(H,15,18)(H,17,21). The van der Waals surface area contributed by atoms with Crippen molar-refractivity contribution in [2.45, 2.75) is 12.5 Å². The summed E-state index contributed by atoms with van der Waals surface area (Å²) in [6, 6.07) is 13.1. The Kier molecular flexibility index (Phi) is 3.65. The SMILES string of the molecule is O=c1[nH]nc2ccc(NC(CO)Cc3ccccc3)nn12. The van der Waals surface area contributed by atoms with E-state index in [4.69, 9.17) is 0 Å². The Labute approximate surface area is 120 Å². The van der Waals surface area contributed by atoms with Crippen molar-refractivity contribution in [1.82, 2.24) is 19.8 Å². The largest absolute Gasteiger partial charge is 0.394 e. The maximum atomic E-state index is 11.5. The van der Waals surface area contributed by atoms with Crippen LogP contribution in [0, 0.1) is 0 Å². The summed E-state index contributed by atoms with van der Waals surface area (Å²) in [5.41, 5.74) is 1.18. The average molecular weight is 285 g/mol. The average Bonchev–Trinajstić information content (AvgIpc) is 2.89. The molecule has 0 spiro atoms. The fourth-order valence-corrected chi connectivity index (χ4v) is 2.15. The number of H-pyrrole nitrogens is 1. The van der Waals surface area contributed by atoms with E-state index in [0.29, 0.717) is 17.9 Å². The first kappa shape index (κ1) is 13.3. The third-order valence-corrected chi connectivity index (χ3v) is 3.17. The molecule has 2 heterocycles. The summed E-state index contributed by atoms with van der Waals surface area (Å²) in [5.74, 6) is 0.515. The molecular weight excluding hydrogens is 270 g/mol. The molecule has 3 rings (SSSR count). The summed E-state index contributed by atoms with van der Waals surface area (Å²) in [4.78, 5) is 11.5. The monoisotopic (exact) mass is 285 g/mol. The number of hydrogen-bond acceptors (Lipinski definition) is 5. The zero-order valence-electron chi connectivity index (χ0n) is 11.2. The highest BCUT2D eigenvalue weighted by atomic mass is 16.3. The lowest BCUT2D eigenvalue weighted by Gasteiger charge is -2.16. The fourth-order valence-electron chi connectivity index (χ4n) is 2.15. The van der Waals surface area contributed by atoms with E-state index in [1.54, 1.807) is 12.1 Å². The summed E-state index contributed by atoms with van der Waals surface area (Å²) in [6.07, 6.45) is 0.664. The summed E-state index contributed by atoms with van der Waals surface area (Å²) in [6.45, 7) is -0.0328. The minimum absolute atomic E-state index is 0.0328. The molecule has 2 aromatic heterocycles. The Hall–Kier alpha value is -2.67. The van der Waals surface area contributed by atoms with Crippen molar-refractivity contribution in [3.63, 3.8) is 0 Å². The molecule has 0 aliphatic rings. The number of aromatic amines is 1. The topological polar surface area (TPSA) is 95.3 Å². The van der Waals surface area contributed by atoms with E-state index in [1.165, 1.54) is 4.52 Å². The number of nitrogens with one attached hydrogen (secondary N) is 2. The van der Waals surface area contributed by atoms with Gasteiger partial charge in [-0.15, -0.1) is 5.10 Å². The molecule has 3 aromatic rings. The van der Waals surface area contributed by atoms with E-state index in [-0.39, 0.29) is 12.6 Å². The molecule has 0 bridgehead atoms. The number of aliphatic hydroxyl groups is 1.